The molecule has 1 fully saturated rings. The van der Waals surface area contributed by atoms with Crippen LogP contribution in [0.2, 0.25) is 0 Å². The number of amides is 2. The third-order valence-electron chi connectivity index (χ3n) is 4.16. The molecule has 3 rings (SSSR count). The number of ether oxygens (including phenoxy) is 2. The molecule has 1 N–H and O–H groups in total. The van der Waals surface area contributed by atoms with E-state index in [2.05, 4.69) is 15.0 Å². The highest BCUT2D eigenvalue weighted by molar-refractivity contribution is 6.04. The maximum absolute atomic E-state index is 12.8. The van der Waals surface area contributed by atoms with E-state index in [1.54, 1.807) is 54.1 Å². The van der Waals surface area contributed by atoms with Crippen molar-refractivity contribution >= 4 is 23.8 Å². The largest absolute Gasteiger partial charge is 0.443 e. The highest BCUT2D eigenvalue weighted by Crippen LogP contribution is 2.24. The number of nitrogens with one attached hydrogen (secondary N) is 1. The van der Waals surface area contributed by atoms with Crippen LogP contribution < -0.4 is 0 Å². The molecule has 0 saturated carbocycles. The molecule has 1 aromatic heterocycles. The van der Waals surface area contributed by atoms with Gasteiger partial charge in [0, 0.05) is 0 Å². The van der Waals surface area contributed by atoms with E-state index < -0.39 is 23.4 Å². The Bertz CT molecular complexity index is 915. The van der Waals surface area contributed by atoms with Crippen LogP contribution in [0.3, 0.4) is 0 Å². The summed E-state index contributed by atoms with van der Waals surface area (Å²) in [4.78, 5) is 39.9. The van der Waals surface area contributed by atoms with Crippen molar-refractivity contribution < 1.29 is 19.1 Å². The van der Waals surface area contributed by atoms with E-state index >= 15 is 0 Å². The maximum atomic E-state index is 12.8. The van der Waals surface area contributed by atoms with Crippen molar-refractivity contribution in [2.75, 3.05) is 13.1 Å². The van der Waals surface area contributed by atoms with Crippen molar-refractivity contribution in [3.05, 3.63) is 36.8 Å². The zero-order chi connectivity index (χ0) is 22.8. The van der Waals surface area contributed by atoms with Gasteiger partial charge in [0.15, 0.2) is 0 Å². The number of aliphatic imine (C=N–C) groups is 1. The summed E-state index contributed by atoms with van der Waals surface area (Å²) in [6.07, 6.45) is 2.21. The van der Waals surface area contributed by atoms with E-state index in [0.717, 1.165) is 11.3 Å². The Hall–Kier alpha value is -3.36. The summed E-state index contributed by atoms with van der Waals surface area (Å²) in [7, 11) is 0. The van der Waals surface area contributed by atoms with Crippen LogP contribution in [0.15, 0.2) is 41.8 Å². The van der Waals surface area contributed by atoms with Gasteiger partial charge in [0.1, 0.15) is 11.2 Å². The van der Waals surface area contributed by atoms with E-state index in [1.807, 2.05) is 24.3 Å². The molecule has 9 nitrogen and oxygen atoms in total. The predicted octanol–water partition coefficient (Wildman–Crippen LogP) is 4.55. The second-order valence-corrected chi connectivity index (χ2v) is 9.19. The maximum Gasteiger partial charge on any atom is 0.417 e. The number of carbonyl (C=O) groups excluding carboxylic acids is 2. The average Bonchev–Trinajstić information content (AvgIpc) is 3.29. The molecular formula is C22H29N5O4. The van der Waals surface area contributed by atoms with Gasteiger partial charge in [0.25, 0.3) is 0 Å². The first-order chi connectivity index (χ1) is 14.4. The van der Waals surface area contributed by atoms with Gasteiger partial charge in [-0.15, -0.1) is 0 Å². The number of rotatable bonds is 2. The Kier molecular flexibility index (Phi) is 6.06. The standard InChI is InChI=1S/C22H29N5O4/c1-21(2,3)30-19(28)26-11-12-27(20(29)31-22(4,5)6)18(26)25-16-9-7-15(8-10-16)17-13-23-14-24-17/h7-10,13-14H,11-12H2,1-6H3,(H,23,24). The summed E-state index contributed by atoms with van der Waals surface area (Å²) in [5, 5.41) is 0. The number of aromatic amines is 1. The minimum Gasteiger partial charge on any atom is -0.443 e. The lowest BCUT2D eigenvalue weighted by Crippen LogP contribution is -2.44. The lowest BCUT2D eigenvalue weighted by molar-refractivity contribution is 0.0375. The normalized spacial score (nSPS) is 14.6. The summed E-state index contributed by atoms with van der Waals surface area (Å²) in [6, 6.07) is 7.39. The Morgan fingerprint density at radius 1 is 0.935 bits per heavy atom. The number of benzene rings is 1. The first-order valence-corrected chi connectivity index (χ1v) is 10.1. The molecule has 1 aromatic carbocycles. The number of hydrogen-bond acceptors (Lipinski definition) is 6. The Balaban J connectivity index is 1.91. The van der Waals surface area contributed by atoms with E-state index in [4.69, 9.17) is 9.47 Å². The van der Waals surface area contributed by atoms with Crippen molar-refractivity contribution in [3.63, 3.8) is 0 Å². The quantitative estimate of drug-likeness (QED) is 0.758. The highest BCUT2D eigenvalue weighted by Gasteiger charge is 2.39. The van der Waals surface area contributed by atoms with Crippen molar-refractivity contribution in [1.82, 2.24) is 19.8 Å². The van der Waals surface area contributed by atoms with E-state index in [-0.39, 0.29) is 19.0 Å². The van der Waals surface area contributed by atoms with Crippen molar-refractivity contribution in [1.29, 1.82) is 0 Å². The van der Waals surface area contributed by atoms with Crippen LogP contribution in [0.25, 0.3) is 11.3 Å². The molecule has 1 aliphatic heterocycles. The number of aromatic nitrogens is 2. The van der Waals surface area contributed by atoms with Gasteiger partial charge in [-0.1, -0.05) is 12.1 Å². The van der Waals surface area contributed by atoms with Crippen LogP contribution in [-0.2, 0) is 9.47 Å². The monoisotopic (exact) mass is 427 g/mol. The minimum atomic E-state index is -0.673. The van der Waals surface area contributed by atoms with Gasteiger partial charge in [0.2, 0.25) is 5.96 Å². The number of hydrogen-bond donors (Lipinski definition) is 1. The molecule has 0 spiro atoms. The zero-order valence-corrected chi connectivity index (χ0v) is 18.8. The zero-order valence-electron chi connectivity index (χ0n) is 18.8. The molecule has 31 heavy (non-hydrogen) atoms. The fourth-order valence-electron chi connectivity index (χ4n) is 2.89. The van der Waals surface area contributed by atoms with Crippen LogP contribution in [0, 0.1) is 0 Å². The molecule has 0 atom stereocenters. The smallest absolute Gasteiger partial charge is 0.417 e. The summed E-state index contributed by atoms with van der Waals surface area (Å²) < 4.78 is 11.0. The molecule has 1 aliphatic rings. The average molecular weight is 428 g/mol. The van der Waals surface area contributed by atoms with Gasteiger partial charge < -0.3 is 14.5 Å². The highest BCUT2D eigenvalue weighted by atomic mass is 16.6. The topological polar surface area (TPSA) is 100 Å². The second-order valence-electron chi connectivity index (χ2n) is 9.19. The summed E-state index contributed by atoms with van der Waals surface area (Å²) >= 11 is 0. The lowest BCUT2D eigenvalue weighted by Gasteiger charge is -2.27. The molecule has 0 unspecified atom stereocenters. The third-order valence-corrected chi connectivity index (χ3v) is 4.16. The number of H-pyrrole nitrogens is 1. The van der Waals surface area contributed by atoms with Crippen molar-refractivity contribution in [2.24, 2.45) is 4.99 Å². The molecule has 166 valence electrons. The third kappa shape index (κ3) is 5.84. The van der Waals surface area contributed by atoms with Crippen molar-refractivity contribution in [2.45, 2.75) is 52.7 Å². The number of imidazole rings is 1. The number of nitrogens with zero attached hydrogens (tertiary/aromatic N) is 4. The summed E-state index contributed by atoms with van der Waals surface area (Å²) in [5.41, 5.74) is 1.06. The molecule has 2 amide bonds. The Labute approximate surface area is 182 Å². The molecular weight excluding hydrogens is 398 g/mol. The van der Waals surface area contributed by atoms with Gasteiger partial charge in [-0.2, -0.15) is 0 Å². The number of carbonyl (C=O) groups is 2. The van der Waals surface area contributed by atoms with Crippen LogP contribution in [0.4, 0.5) is 15.3 Å². The first-order valence-electron chi connectivity index (χ1n) is 10.1. The minimum absolute atomic E-state index is 0.179. The SMILES string of the molecule is CC(C)(C)OC(=O)N1CCN(C(=O)OC(C)(C)C)C1=Nc1ccc(-c2cnc[nH]2)cc1. The molecule has 0 aliphatic carbocycles. The van der Waals surface area contributed by atoms with Crippen LogP contribution in [-0.4, -0.2) is 62.2 Å². The fourth-order valence-corrected chi connectivity index (χ4v) is 2.89. The molecule has 9 heteroatoms. The van der Waals surface area contributed by atoms with Gasteiger partial charge in [-0.3, -0.25) is 0 Å². The molecule has 2 aromatic rings. The van der Waals surface area contributed by atoms with Gasteiger partial charge >= 0.3 is 12.2 Å². The van der Waals surface area contributed by atoms with E-state index in [1.165, 1.54) is 9.80 Å². The van der Waals surface area contributed by atoms with Crippen LogP contribution in [0.5, 0.6) is 0 Å². The molecule has 2 heterocycles. The van der Waals surface area contributed by atoms with Crippen molar-refractivity contribution in [3.8, 4) is 11.3 Å². The number of guanidine groups is 1. The summed E-state index contributed by atoms with van der Waals surface area (Å²) in [6.45, 7) is 11.3. The first kappa shape index (κ1) is 22.3. The Morgan fingerprint density at radius 3 is 1.87 bits per heavy atom. The molecule has 0 bridgehead atoms. The van der Waals surface area contributed by atoms with Gasteiger partial charge in [-0.05, 0) is 59.2 Å². The van der Waals surface area contributed by atoms with E-state index in [0.29, 0.717) is 5.69 Å². The van der Waals surface area contributed by atoms with Gasteiger partial charge in [-0.25, -0.2) is 29.4 Å². The predicted molar refractivity (Wildman–Crippen MR) is 117 cm³/mol. The summed E-state index contributed by atoms with van der Waals surface area (Å²) in [5.74, 6) is 0.179. The lowest BCUT2D eigenvalue weighted by atomic mass is 10.1. The van der Waals surface area contributed by atoms with Gasteiger partial charge in [0.05, 0.1) is 37.0 Å². The molecule has 0 radical (unpaired) electrons. The Morgan fingerprint density at radius 2 is 1.45 bits per heavy atom. The van der Waals surface area contributed by atoms with Crippen LogP contribution in [0.1, 0.15) is 41.5 Å². The molecule has 1 saturated heterocycles. The fraction of sp³-hybridized carbons (Fsp3) is 0.455. The second kappa shape index (κ2) is 8.41. The van der Waals surface area contributed by atoms with E-state index in [9.17, 15) is 9.59 Å². The van der Waals surface area contributed by atoms with Crippen LogP contribution >= 0.6 is 0 Å².